The maximum atomic E-state index is 9.73. The highest BCUT2D eigenvalue weighted by molar-refractivity contribution is 7.99. The van der Waals surface area contributed by atoms with Crippen molar-refractivity contribution < 1.29 is 9.84 Å². The number of unbranched alkanes of at least 4 members (excludes halogenated alkanes) is 8. The zero-order chi connectivity index (χ0) is 14.9. The minimum atomic E-state index is -0.286. The normalized spacial score (nSPS) is 12.8. The first-order chi connectivity index (χ1) is 9.81. The van der Waals surface area contributed by atoms with E-state index in [9.17, 15) is 5.11 Å². The van der Waals surface area contributed by atoms with Gasteiger partial charge >= 0.3 is 0 Å². The average molecular weight is 305 g/mol. The van der Waals surface area contributed by atoms with Crippen LogP contribution in [-0.4, -0.2) is 35.9 Å². The van der Waals surface area contributed by atoms with Crippen LogP contribution in [0.25, 0.3) is 0 Å². The average Bonchev–Trinajstić information content (AvgIpc) is 2.45. The minimum absolute atomic E-state index is 0.286. The second kappa shape index (κ2) is 17.3. The molecule has 0 rings (SSSR count). The van der Waals surface area contributed by atoms with Gasteiger partial charge in [0.2, 0.25) is 0 Å². The van der Waals surface area contributed by atoms with Gasteiger partial charge in [0.05, 0.1) is 12.7 Å². The Kier molecular flexibility index (Phi) is 17.6. The number of ether oxygens (including phenoxy) is 1. The molecular weight excluding hydrogens is 268 g/mol. The Balaban J connectivity index is 3.07. The van der Waals surface area contributed by atoms with E-state index in [4.69, 9.17) is 4.74 Å². The first-order valence-corrected chi connectivity index (χ1v) is 9.80. The Bertz CT molecular complexity index is 176. The fraction of sp³-hybridized carbons (Fsp3) is 1.00. The highest BCUT2D eigenvalue weighted by Crippen LogP contribution is 2.09. The smallest absolute Gasteiger partial charge is 0.0863 e. The largest absolute Gasteiger partial charge is 0.390 e. The van der Waals surface area contributed by atoms with E-state index in [1.54, 1.807) is 0 Å². The summed E-state index contributed by atoms with van der Waals surface area (Å²) in [6, 6.07) is 0. The molecule has 0 aliphatic heterocycles. The summed E-state index contributed by atoms with van der Waals surface area (Å²) in [6.07, 6.45) is 12.8. The van der Waals surface area contributed by atoms with Crippen LogP contribution in [0, 0.1) is 0 Å². The molecule has 0 bridgehead atoms. The number of aliphatic hydroxyl groups excluding tert-OH is 1. The molecule has 2 nitrogen and oxygen atoms in total. The van der Waals surface area contributed by atoms with Crippen molar-refractivity contribution in [2.75, 3.05) is 24.7 Å². The van der Waals surface area contributed by atoms with Crippen LogP contribution >= 0.6 is 11.8 Å². The lowest BCUT2D eigenvalue weighted by molar-refractivity contribution is 0.0467. The van der Waals surface area contributed by atoms with Crippen LogP contribution in [0.5, 0.6) is 0 Å². The molecule has 0 radical (unpaired) electrons. The third-order valence-electron chi connectivity index (χ3n) is 3.40. The second-order valence-electron chi connectivity index (χ2n) is 5.63. The van der Waals surface area contributed by atoms with Gasteiger partial charge in [0, 0.05) is 12.4 Å². The van der Waals surface area contributed by atoms with Crippen molar-refractivity contribution in [3.05, 3.63) is 0 Å². The molecule has 0 aliphatic rings. The summed E-state index contributed by atoms with van der Waals surface area (Å²) in [6.45, 7) is 5.78. The molecule has 0 fully saturated rings. The fourth-order valence-electron chi connectivity index (χ4n) is 2.07. The number of rotatable bonds is 16. The molecule has 0 aliphatic carbocycles. The van der Waals surface area contributed by atoms with E-state index in [0.29, 0.717) is 6.61 Å². The first kappa shape index (κ1) is 20.3. The van der Waals surface area contributed by atoms with E-state index in [2.05, 4.69) is 13.8 Å². The molecule has 1 atom stereocenters. The predicted molar refractivity (Wildman–Crippen MR) is 91.7 cm³/mol. The molecule has 122 valence electrons. The molecule has 20 heavy (non-hydrogen) atoms. The molecule has 1 unspecified atom stereocenters. The Morgan fingerprint density at radius 2 is 1.45 bits per heavy atom. The molecule has 1 N–H and O–H groups in total. The van der Waals surface area contributed by atoms with Gasteiger partial charge in [-0.2, -0.15) is 11.8 Å². The van der Waals surface area contributed by atoms with Gasteiger partial charge in [-0.05, 0) is 18.6 Å². The van der Waals surface area contributed by atoms with E-state index in [1.165, 1.54) is 57.8 Å². The number of hydrogen-bond donors (Lipinski definition) is 1. The molecule has 0 aromatic carbocycles. The van der Waals surface area contributed by atoms with Gasteiger partial charge in [-0.15, -0.1) is 0 Å². The summed E-state index contributed by atoms with van der Waals surface area (Å²) in [4.78, 5) is 0. The summed E-state index contributed by atoms with van der Waals surface area (Å²) >= 11 is 1.84. The molecule has 0 aromatic heterocycles. The van der Waals surface area contributed by atoms with E-state index >= 15 is 0 Å². The summed E-state index contributed by atoms with van der Waals surface area (Å²) < 4.78 is 5.53. The van der Waals surface area contributed by atoms with Gasteiger partial charge < -0.3 is 9.84 Å². The quantitative estimate of drug-likeness (QED) is 0.405. The van der Waals surface area contributed by atoms with Crippen molar-refractivity contribution in [2.45, 2.75) is 84.2 Å². The van der Waals surface area contributed by atoms with E-state index in [0.717, 1.165) is 24.5 Å². The summed E-state index contributed by atoms with van der Waals surface area (Å²) in [5, 5.41) is 9.73. The molecule has 0 saturated heterocycles. The maximum absolute atomic E-state index is 9.73. The Hall–Kier alpha value is 0.270. The monoisotopic (exact) mass is 304 g/mol. The van der Waals surface area contributed by atoms with E-state index in [1.807, 2.05) is 11.8 Å². The third-order valence-corrected chi connectivity index (χ3v) is 4.60. The van der Waals surface area contributed by atoms with Crippen LogP contribution in [-0.2, 0) is 4.74 Å². The van der Waals surface area contributed by atoms with Crippen LogP contribution in [0.2, 0.25) is 0 Å². The summed E-state index contributed by atoms with van der Waals surface area (Å²) in [5.41, 5.74) is 0. The molecule has 0 saturated carbocycles. The highest BCUT2D eigenvalue weighted by Gasteiger charge is 2.03. The predicted octanol–water partition coefficient (Wildman–Crippen LogP) is 5.04. The van der Waals surface area contributed by atoms with Gasteiger partial charge in [0.1, 0.15) is 0 Å². The SMILES string of the molecule is CCCCCCCCCCOCC(O)CSCCCC. The molecule has 0 spiro atoms. The second-order valence-corrected chi connectivity index (χ2v) is 6.78. The number of hydrogen-bond acceptors (Lipinski definition) is 3. The lowest BCUT2D eigenvalue weighted by Crippen LogP contribution is -2.18. The maximum Gasteiger partial charge on any atom is 0.0863 e. The van der Waals surface area contributed by atoms with Gasteiger partial charge in [-0.3, -0.25) is 0 Å². The zero-order valence-corrected chi connectivity index (χ0v) is 14.6. The van der Waals surface area contributed by atoms with Crippen molar-refractivity contribution in [1.82, 2.24) is 0 Å². The van der Waals surface area contributed by atoms with E-state index < -0.39 is 0 Å². The molecule has 0 aromatic rings. The Labute approximate surface area is 131 Å². The Morgan fingerprint density at radius 1 is 0.850 bits per heavy atom. The lowest BCUT2D eigenvalue weighted by Gasteiger charge is -2.10. The lowest BCUT2D eigenvalue weighted by atomic mass is 10.1. The van der Waals surface area contributed by atoms with E-state index in [-0.39, 0.29) is 6.10 Å². The van der Waals surface area contributed by atoms with Crippen molar-refractivity contribution in [1.29, 1.82) is 0 Å². The van der Waals surface area contributed by atoms with Gasteiger partial charge in [-0.1, -0.05) is 65.2 Å². The van der Waals surface area contributed by atoms with Crippen LogP contribution in [0.1, 0.15) is 78.1 Å². The minimum Gasteiger partial charge on any atom is -0.390 e. The zero-order valence-electron chi connectivity index (χ0n) is 13.7. The van der Waals surface area contributed by atoms with Gasteiger partial charge in [-0.25, -0.2) is 0 Å². The highest BCUT2D eigenvalue weighted by atomic mass is 32.2. The summed E-state index contributed by atoms with van der Waals surface area (Å²) in [7, 11) is 0. The standard InChI is InChI=1S/C17H36O2S/c1-3-5-7-8-9-10-11-12-13-19-15-17(18)16-20-14-6-4-2/h17-18H,3-16H2,1-2H3. The number of thioether (sulfide) groups is 1. The topological polar surface area (TPSA) is 29.5 Å². The van der Waals surface area contributed by atoms with Crippen LogP contribution in [0.3, 0.4) is 0 Å². The first-order valence-electron chi connectivity index (χ1n) is 8.64. The van der Waals surface area contributed by atoms with Gasteiger partial charge in [0.15, 0.2) is 0 Å². The summed E-state index contributed by atoms with van der Waals surface area (Å²) in [5.74, 6) is 1.98. The van der Waals surface area contributed by atoms with Crippen molar-refractivity contribution in [3.8, 4) is 0 Å². The van der Waals surface area contributed by atoms with Crippen LogP contribution < -0.4 is 0 Å². The van der Waals surface area contributed by atoms with Crippen LogP contribution in [0.4, 0.5) is 0 Å². The molecule has 0 amide bonds. The third kappa shape index (κ3) is 16.3. The molecular formula is C17H36O2S. The molecule has 3 heteroatoms. The fourth-order valence-corrected chi connectivity index (χ4v) is 3.10. The van der Waals surface area contributed by atoms with Gasteiger partial charge in [0.25, 0.3) is 0 Å². The molecule has 0 heterocycles. The van der Waals surface area contributed by atoms with Crippen molar-refractivity contribution in [2.24, 2.45) is 0 Å². The number of aliphatic hydroxyl groups is 1. The van der Waals surface area contributed by atoms with Crippen molar-refractivity contribution in [3.63, 3.8) is 0 Å². The van der Waals surface area contributed by atoms with Crippen molar-refractivity contribution >= 4 is 11.8 Å². The Morgan fingerprint density at radius 3 is 2.10 bits per heavy atom. The van der Waals surface area contributed by atoms with Crippen LogP contribution in [0.15, 0.2) is 0 Å².